The topological polar surface area (TPSA) is 74.8 Å². The molecule has 3 rings (SSSR count). The lowest BCUT2D eigenvalue weighted by molar-refractivity contribution is -0.116. The summed E-state index contributed by atoms with van der Waals surface area (Å²) in [6.07, 6.45) is 1.24. The summed E-state index contributed by atoms with van der Waals surface area (Å²) in [7, 11) is 0. The first kappa shape index (κ1) is 19.0. The van der Waals surface area contributed by atoms with Crippen molar-refractivity contribution in [1.82, 2.24) is 9.97 Å². The van der Waals surface area contributed by atoms with Crippen LogP contribution in [0.5, 0.6) is 0 Å². The second-order valence-corrected chi connectivity index (χ2v) is 6.90. The third kappa shape index (κ3) is 5.37. The zero-order valence-electron chi connectivity index (χ0n) is 14.2. The molecule has 0 aliphatic carbocycles. The van der Waals surface area contributed by atoms with Gasteiger partial charge in [0.25, 0.3) is 11.3 Å². The summed E-state index contributed by atoms with van der Waals surface area (Å²) in [6, 6.07) is 13.3. The molecule has 0 spiro atoms. The smallest absolute Gasteiger partial charge is 0.288 e. The summed E-state index contributed by atoms with van der Waals surface area (Å²) < 4.78 is 24.6. The van der Waals surface area contributed by atoms with Crippen LogP contribution in [0.25, 0.3) is 10.9 Å². The molecule has 0 atom stereocenters. The minimum absolute atomic E-state index is 0.188. The number of carbonyl (C=O) groups is 1. The lowest BCUT2D eigenvalue weighted by atomic mass is 10.2. The van der Waals surface area contributed by atoms with Crippen LogP contribution in [0, 0.1) is 0 Å². The number of fused-ring (bicyclic) bond motifs is 1. The summed E-state index contributed by atoms with van der Waals surface area (Å²) in [5.74, 6) is -2.12. The Balaban J connectivity index is 1.52. The number of alkyl halides is 2. The molecule has 0 saturated carbocycles. The highest BCUT2D eigenvalue weighted by Gasteiger charge is 2.08. The highest BCUT2D eigenvalue weighted by atomic mass is 32.2. The van der Waals surface area contributed by atoms with E-state index in [0.29, 0.717) is 51.9 Å². The predicted octanol–water partition coefficient (Wildman–Crippen LogP) is 4.20. The zero-order valence-corrected chi connectivity index (χ0v) is 15.1. The van der Waals surface area contributed by atoms with Crippen molar-refractivity contribution in [3.8, 4) is 0 Å². The van der Waals surface area contributed by atoms with Gasteiger partial charge in [0.05, 0.1) is 10.9 Å². The minimum atomic E-state index is -2.47. The van der Waals surface area contributed by atoms with E-state index in [1.165, 1.54) is 12.1 Å². The minimum Gasteiger partial charge on any atom is -0.326 e. The number of rotatable bonds is 7. The fourth-order valence-corrected chi connectivity index (χ4v) is 3.11. The van der Waals surface area contributed by atoms with Gasteiger partial charge in [-0.05, 0) is 42.8 Å². The summed E-state index contributed by atoms with van der Waals surface area (Å²) in [5, 5.41) is 3.26. The van der Waals surface area contributed by atoms with Crippen LogP contribution < -0.4 is 10.9 Å². The number of thioether (sulfide) groups is 1. The molecular weight excluding hydrogens is 372 g/mol. The monoisotopic (exact) mass is 389 g/mol. The van der Waals surface area contributed by atoms with E-state index in [2.05, 4.69) is 15.3 Å². The molecule has 140 valence electrons. The first-order chi connectivity index (χ1) is 13.0. The van der Waals surface area contributed by atoms with Gasteiger partial charge >= 0.3 is 0 Å². The molecule has 0 saturated heterocycles. The van der Waals surface area contributed by atoms with Crippen LogP contribution in [0.2, 0.25) is 0 Å². The molecule has 27 heavy (non-hydrogen) atoms. The Kier molecular flexibility index (Phi) is 6.18. The van der Waals surface area contributed by atoms with E-state index >= 15 is 0 Å². The Hall–Kier alpha value is -2.74. The van der Waals surface area contributed by atoms with Gasteiger partial charge in [-0.1, -0.05) is 23.9 Å². The van der Waals surface area contributed by atoms with Gasteiger partial charge in [-0.2, -0.15) is 8.78 Å². The van der Waals surface area contributed by atoms with Crippen LogP contribution in [-0.2, 0) is 11.2 Å². The molecule has 3 aromatic rings. The van der Waals surface area contributed by atoms with Crippen molar-refractivity contribution < 1.29 is 13.6 Å². The SMILES string of the molecule is O=C(CCCc1nc2ccccc2c(=O)[nH]1)Nc1ccc(SC(F)F)cc1. The van der Waals surface area contributed by atoms with E-state index in [1.54, 1.807) is 30.3 Å². The highest BCUT2D eigenvalue weighted by Crippen LogP contribution is 2.26. The van der Waals surface area contributed by atoms with E-state index in [-0.39, 0.29) is 17.9 Å². The molecule has 8 heteroatoms. The average Bonchev–Trinajstić information content (AvgIpc) is 2.63. The number of benzene rings is 2. The van der Waals surface area contributed by atoms with Gasteiger partial charge in [0.1, 0.15) is 5.82 Å². The lowest BCUT2D eigenvalue weighted by Crippen LogP contribution is -2.14. The summed E-state index contributed by atoms with van der Waals surface area (Å²) in [6.45, 7) is 0. The van der Waals surface area contributed by atoms with Crippen LogP contribution in [0.1, 0.15) is 18.7 Å². The highest BCUT2D eigenvalue weighted by molar-refractivity contribution is 7.99. The third-order valence-corrected chi connectivity index (χ3v) is 4.57. The maximum absolute atomic E-state index is 12.3. The van der Waals surface area contributed by atoms with Gasteiger partial charge in [-0.3, -0.25) is 9.59 Å². The number of aryl methyl sites for hydroxylation is 1. The molecule has 0 fully saturated rings. The number of amides is 1. The number of H-pyrrole nitrogens is 1. The number of nitrogens with one attached hydrogen (secondary N) is 2. The van der Waals surface area contributed by atoms with Crippen molar-refractivity contribution in [1.29, 1.82) is 0 Å². The second-order valence-electron chi connectivity index (χ2n) is 5.83. The van der Waals surface area contributed by atoms with Gasteiger partial charge in [0.2, 0.25) is 5.91 Å². The first-order valence-electron chi connectivity index (χ1n) is 8.34. The molecule has 0 unspecified atom stereocenters. The van der Waals surface area contributed by atoms with E-state index in [9.17, 15) is 18.4 Å². The number of halogens is 2. The van der Waals surface area contributed by atoms with Crippen molar-refractivity contribution in [2.24, 2.45) is 0 Å². The average molecular weight is 389 g/mol. The standard InChI is InChI=1S/C19H17F2N3O2S/c20-19(21)27-13-10-8-12(9-11-13)22-17(25)7-3-6-16-23-15-5-2-1-4-14(15)18(26)24-16/h1-2,4-5,8-11,19H,3,6-7H2,(H,22,25)(H,23,24,26). The Labute approximate surface area is 158 Å². The van der Waals surface area contributed by atoms with Crippen LogP contribution in [0.4, 0.5) is 14.5 Å². The number of aromatic nitrogens is 2. The van der Waals surface area contributed by atoms with Crippen LogP contribution in [0.15, 0.2) is 58.2 Å². The van der Waals surface area contributed by atoms with Crippen molar-refractivity contribution >= 4 is 34.3 Å². The summed E-state index contributed by atoms with van der Waals surface area (Å²) >= 11 is 0.457. The second kappa shape index (κ2) is 8.77. The van der Waals surface area contributed by atoms with Crippen molar-refractivity contribution in [2.45, 2.75) is 29.9 Å². The fourth-order valence-electron chi connectivity index (χ4n) is 2.61. The molecule has 5 nitrogen and oxygen atoms in total. The van der Waals surface area contributed by atoms with Gasteiger partial charge < -0.3 is 10.3 Å². The largest absolute Gasteiger partial charge is 0.326 e. The molecule has 2 N–H and O–H groups in total. The molecule has 0 aliphatic rings. The lowest BCUT2D eigenvalue weighted by Gasteiger charge is -2.07. The predicted molar refractivity (Wildman–Crippen MR) is 102 cm³/mol. The molecule has 0 aliphatic heterocycles. The van der Waals surface area contributed by atoms with Gasteiger partial charge in [-0.15, -0.1) is 0 Å². The normalized spacial score (nSPS) is 11.1. The molecule has 0 radical (unpaired) electrons. The number of carbonyl (C=O) groups excluding carboxylic acids is 1. The van der Waals surface area contributed by atoms with Crippen LogP contribution in [-0.4, -0.2) is 21.6 Å². The van der Waals surface area contributed by atoms with Gasteiger partial charge in [0, 0.05) is 23.4 Å². The Morgan fingerprint density at radius 2 is 1.89 bits per heavy atom. The summed E-state index contributed by atoms with van der Waals surface area (Å²) in [4.78, 5) is 31.6. The first-order valence-corrected chi connectivity index (χ1v) is 9.22. The van der Waals surface area contributed by atoms with Crippen molar-refractivity contribution in [3.63, 3.8) is 0 Å². The number of nitrogens with zero attached hydrogens (tertiary/aromatic N) is 1. The van der Waals surface area contributed by atoms with Crippen LogP contribution in [0.3, 0.4) is 0 Å². The number of aromatic amines is 1. The zero-order chi connectivity index (χ0) is 19.2. The molecule has 1 aromatic heterocycles. The number of hydrogen-bond acceptors (Lipinski definition) is 4. The molecule has 0 bridgehead atoms. The summed E-state index contributed by atoms with van der Waals surface area (Å²) in [5.41, 5.74) is 0.986. The van der Waals surface area contributed by atoms with E-state index in [1.807, 2.05) is 6.07 Å². The van der Waals surface area contributed by atoms with Gasteiger partial charge in [0.15, 0.2) is 0 Å². The van der Waals surface area contributed by atoms with Crippen LogP contribution >= 0.6 is 11.8 Å². The molecule has 2 aromatic carbocycles. The molecule has 1 amide bonds. The Bertz CT molecular complexity index is 990. The Morgan fingerprint density at radius 3 is 2.63 bits per heavy atom. The van der Waals surface area contributed by atoms with E-state index in [0.717, 1.165) is 0 Å². The van der Waals surface area contributed by atoms with Crippen molar-refractivity contribution in [3.05, 3.63) is 64.7 Å². The fraction of sp³-hybridized carbons (Fsp3) is 0.211. The number of para-hydroxylation sites is 1. The molecule has 1 heterocycles. The quantitative estimate of drug-likeness (QED) is 0.594. The number of hydrogen-bond donors (Lipinski definition) is 2. The third-order valence-electron chi connectivity index (χ3n) is 3.84. The Morgan fingerprint density at radius 1 is 1.15 bits per heavy atom. The number of anilines is 1. The van der Waals surface area contributed by atoms with Gasteiger partial charge in [-0.25, -0.2) is 4.98 Å². The van der Waals surface area contributed by atoms with E-state index < -0.39 is 5.76 Å². The molecular formula is C19H17F2N3O2S. The maximum atomic E-state index is 12.3. The van der Waals surface area contributed by atoms with E-state index in [4.69, 9.17) is 0 Å². The maximum Gasteiger partial charge on any atom is 0.288 e. The van der Waals surface area contributed by atoms with Crippen molar-refractivity contribution in [2.75, 3.05) is 5.32 Å².